The number of rotatable bonds is 4. The molecule has 0 radical (unpaired) electrons. The molecule has 126 valence electrons. The number of nitro groups is 1. The Balaban J connectivity index is 2.38. The Labute approximate surface area is 133 Å². The summed E-state index contributed by atoms with van der Waals surface area (Å²) in [5, 5.41) is 20.1. The second-order valence-corrected chi connectivity index (χ2v) is 7.59. The van der Waals surface area contributed by atoms with Gasteiger partial charge in [-0.15, -0.1) is 0 Å². The average molecular weight is 342 g/mol. The number of carbonyl (C=O) groups is 1. The van der Waals surface area contributed by atoms with Crippen molar-refractivity contribution in [3.8, 4) is 0 Å². The molecule has 23 heavy (non-hydrogen) atoms. The van der Waals surface area contributed by atoms with Gasteiger partial charge in [0.05, 0.1) is 15.7 Å². The summed E-state index contributed by atoms with van der Waals surface area (Å²) in [6.07, 6.45) is 0.475. The zero-order valence-electron chi connectivity index (χ0n) is 12.9. The van der Waals surface area contributed by atoms with Crippen LogP contribution >= 0.6 is 0 Å². The van der Waals surface area contributed by atoms with Crippen LogP contribution in [0.4, 0.5) is 5.69 Å². The molecule has 1 fully saturated rings. The molecule has 0 atom stereocenters. The summed E-state index contributed by atoms with van der Waals surface area (Å²) in [5.41, 5.74) is 0.353. The van der Waals surface area contributed by atoms with E-state index in [-0.39, 0.29) is 42.1 Å². The molecule has 1 aromatic rings. The smallest absolute Gasteiger partial charge is 0.306 e. The molecule has 9 heteroatoms. The predicted molar refractivity (Wildman–Crippen MR) is 81.7 cm³/mol. The molecule has 1 heterocycles. The van der Waals surface area contributed by atoms with Crippen molar-refractivity contribution in [3.63, 3.8) is 0 Å². The topological polar surface area (TPSA) is 118 Å². The van der Waals surface area contributed by atoms with Gasteiger partial charge in [-0.05, 0) is 38.3 Å². The first-order chi connectivity index (χ1) is 10.6. The Kier molecular flexibility index (Phi) is 4.71. The van der Waals surface area contributed by atoms with Crippen LogP contribution in [-0.2, 0) is 14.8 Å². The average Bonchev–Trinajstić information content (AvgIpc) is 2.48. The molecule has 1 N–H and O–H groups in total. The highest BCUT2D eigenvalue weighted by Crippen LogP contribution is 2.31. The first kappa shape index (κ1) is 17.4. The van der Waals surface area contributed by atoms with Crippen LogP contribution in [0.15, 0.2) is 17.0 Å². The van der Waals surface area contributed by atoms with Crippen molar-refractivity contribution in [2.45, 2.75) is 31.6 Å². The first-order valence-corrected chi connectivity index (χ1v) is 8.57. The standard InChI is InChI=1S/C14H18N2O6S/c1-9-7-12(16(19)20)10(2)13(8-9)23(21,22)15-5-3-11(4-6-15)14(17)18/h7-8,11H,3-6H2,1-2H3,(H,17,18). The zero-order chi connectivity index (χ0) is 17.4. The summed E-state index contributed by atoms with van der Waals surface area (Å²) in [4.78, 5) is 21.4. The number of benzene rings is 1. The van der Waals surface area contributed by atoms with E-state index in [4.69, 9.17) is 5.11 Å². The van der Waals surface area contributed by atoms with Gasteiger partial charge in [0, 0.05) is 24.7 Å². The molecular weight excluding hydrogens is 324 g/mol. The van der Waals surface area contributed by atoms with E-state index in [2.05, 4.69) is 0 Å². The van der Waals surface area contributed by atoms with Gasteiger partial charge in [0.2, 0.25) is 10.0 Å². The molecule has 1 aliphatic heterocycles. The molecule has 1 aromatic carbocycles. The Morgan fingerprint density at radius 1 is 1.30 bits per heavy atom. The maximum absolute atomic E-state index is 12.8. The molecule has 0 bridgehead atoms. The maximum Gasteiger partial charge on any atom is 0.306 e. The van der Waals surface area contributed by atoms with Gasteiger partial charge in [0.25, 0.3) is 5.69 Å². The maximum atomic E-state index is 12.8. The van der Waals surface area contributed by atoms with Crippen LogP contribution in [0.25, 0.3) is 0 Å². The fourth-order valence-electron chi connectivity index (χ4n) is 2.75. The van der Waals surface area contributed by atoms with Crippen LogP contribution in [-0.4, -0.2) is 41.8 Å². The fourth-order valence-corrected chi connectivity index (χ4v) is 4.54. The molecular formula is C14H18N2O6S. The summed E-state index contributed by atoms with van der Waals surface area (Å²) >= 11 is 0. The number of carboxylic acid groups (broad SMARTS) is 1. The third-order valence-corrected chi connectivity index (χ3v) is 6.12. The quantitative estimate of drug-likeness (QED) is 0.657. The lowest BCUT2D eigenvalue weighted by Crippen LogP contribution is -2.40. The van der Waals surface area contributed by atoms with Crippen molar-refractivity contribution >= 4 is 21.7 Å². The third-order valence-electron chi connectivity index (χ3n) is 4.09. The molecule has 0 aromatic heterocycles. The molecule has 0 amide bonds. The number of hydrogen-bond acceptors (Lipinski definition) is 5. The second-order valence-electron chi connectivity index (χ2n) is 5.68. The summed E-state index contributed by atoms with van der Waals surface area (Å²) in [5.74, 6) is -1.47. The van der Waals surface area contributed by atoms with Crippen LogP contribution in [0.2, 0.25) is 0 Å². The van der Waals surface area contributed by atoms with E-state index in [0.717, 1.165) is 0 Å². The van der Waals surface area contributed by atoms with Crippen LogP contribution < -0.4 is 0 Å². The zero-order valence-corrected chi connectivity index (χ0v) is 13.7. The van der Waals surface area contributed by atoms with Gasteiger partial charge in [0.15, 0.2) is 0 Å². The number of sulfonamides is 1. The largest absolute Gasteiger partial charge is 0.481 e. The van der Waals surface area contributed by atoms with Gasteiger partial charge in [0.1, 0.15) is 0 Å². The van der Waals surface area contributed by atoms with Gasteiger partial charge in [-0.2, -0.15) is 4.31 Å². The Bertz CT molecular complexity index is 751. The summed E-state index contributed by atoms with van der Waals surface area (Å²) in [6.45, 7) is 3.21. The lowest BCUT2D eigenvalue weighted by atomic mass is 9.99. The number of aliphatic carboxylic acids is 1. The molecule has 1 saturated heterocycles. The normalized spacial score (nSPS) is 17.1. The highest BCUT2D eigenvalue weighted by molar-refractivity contribution is 7.89. The SMILES string of the molecule is Cc1cc([N+](=O)[O-])c(C)c(S(=O)(=O)N2CCC(C(=O)O)CC2)c1. The molecule has 0 spiro atoms. The van der Waals surface area contributed by atoms with Crippen LogP contribution in [0, 0.1) is 29.9 Å². The minimum atomic E-state index is -3.88. The Morgan fingerprint density at radius 2 is 1.87 bits per heavy atom. The number of piperidine rings is 1. The van der Waals surface area contributed by atoms with E-state index >= 15 is 0 Å². The van der Waals surface area contributed by atoms with Gasteiger partial charge < -0.3 is 5.11 Å². The number of hydrogen-bond donors (Lipinski definition) is 1. The van der Waals surface area contributed by atoms with Crippen LogP contribution in [0.1, 0.15) is 24.0 Å². The van der Waals surface area contributed by atoms with E-state index in [1.807, 2.05) is 0 Å². The number of carboxylic acids is 1. The third kappa shape index (κ3) is 3.35. The monoisotopic (exact) mass is 342 g/mol. The Hall–Kier alpha value is -2.00. The first-order valence-electron chi connectivity index (χ1n) is 7.13. The summed E-state index contributed by atoms with van der Waals surface area (Å²) in [6, 6.07) is 2.76. The predicted octanol–water partition coefficient (Wildman–Crippen LogP) is 1.70. The van der Waals surface area contributed by atoms with E-state index in [1.165, 1.54) is 23.4 Å². The fraction of sp³-hybridized carbons (Fsp3) is 0.500. The summed E-state index contributed by atoms with van der Waals surface area (Å²) < 4.78 is 26.7. The summed E-state index contributed by atoms with van der Waals surface area (Å²) in [7, 11) is -3.88. The van der Waals surface area contributed by atoms with Gasteiger partial charge in [-0.3, -0.25) is 14.9 Å². The molecule has 8 nitrogen and oxygen atoms in total. The van der Waals surface area contributed by atoms with Gasteiger partial charge >= 0.3 is 5.97 Å². The highest BCUT2D eigenvalue weighted by Gasteiger charge is 2.34. The van der Waals surface area contributed by atoms with Crippen molar-refractivity contribution in [2.24, 2.45) is 5.92 Å². The molecule has 2 rings (SSSR count). The van der Waals surface area contributed by atoms with Crippen LogP contribution in [0.3, 0.4) is 0 Å². The minimum Gasteiger partial charge on any atom is -0.481 e. The number of nitro benzene ring substituents is 1. The highest BCUT2D eigenvalue weighted by atomic mass is 32.2. The van der Waals surface area contributed by atoms with E-state index in [9.17, 15) is 23.3 Å². The van der Waals surface area contributed by atoms with Crippen molar-refractivity contribution in [3.05, 3.63) is 33.4 Å². The molecule has 0 saturated carbocycles. The van der Waals surface area contributed by atoms with E-state index in [1.54, 1.807) is 6.92 Å². The van der Waals surface area contributed by atoms with E-state index < -0.39 is 26.8 Å². The number of aryl methyl sites for hydroxylation is 1. The van der Waals surface area contributed by atoms with Crippen molar-refractivity contribution in [2.75, 3.05) is 13.1 Å². The van der Waals surface area contributed by atoms with E-state index in [0.29, 0.717) is 5.56 Å². The molecule has 0 unspecified atom stereocenters. The molecule has 0 aliphatic carbocycles. The van der Waals surface area contributed by atoms with Crippen molar-refractivity contribution in [1.29, 1.82) is 0 Å². The second kappa shape index (κ2) is 6.25. The lowest BCUT2D eigenvalue weighted by Gasteiger charge is -2.29. The van der Waals surface area contributed by atoms with Crippen molar-refractivity contribution in [1.82, 2.24) is 4.31 Å². The van der Waals surface area contributed by atoms with Crippen molar-refractivity contribution < 1.29 is 23.2 Å². The van der Waals surface area contributed by atoms with Crippen LogP contribution in [0.5, 0.6) is 0 Å². The lowest BCUT2D eigenvalue weighted by molar-refractivity contribution is -0.385. The molecule has 1 aliphatic rings. The van der Waals surface area contributed by atoms with Gasteiger partial charge in [-0.25, -0.2) is 8.42 Å². The Morgan fingerprint density at radius 3 is 2.35 bits per heavy atom. The van der Waals surface area contributed by atoms with Gasteiger partial charge in [-0.1, -0.05) is 0 Å². The minimum absolute atomic E-state index is 0.0852. The number of nitrogens with zero attached hydrogens (tertiary/aromatic N) is 2.